The summed E-state index contributed by atoms with van der Waals surface area (Å²) in [4.78, 5) is 17.0. The van der Waals surface area contributed by atoms with Gasteiger partial charge in [-0.05, 0) is 30.4 Å². The smallest absolute Gasteiger partial charge is 0.356 e. The third kappa shape index (κ3) is 3.93. The lowest BCUT2D eigenvalue weighted by Gasteiger charge is -2.34. The maximum atomic E-state index is 12.8. The molecule has 0 aliphatic carbocycles. The first kappa shape index (κ1) is 20.8. The Morgan fingerprint density at radius 2 is 1.72 bits per heavy atom. The van der Waals surface area contributed by atoms with E-state index < -0.39 is 24.7 Å². The van der Waals surface area contributed by atoms with Crippen LogP contribution in [0.4, 0.5) is 33.6 Å². The third-order valence-electron chi connectivity index (χ3n) is 6.17. The van der Waals surface area contributed by atoms with E-state index in [0.717, 1.165) is 36.5 Å². The van der Waals surface area contributed by atoms with Crippen LogP contribution in [0.2, 0.25) is 0 Å². The van der Waals surface area contributed by atoms with E-state index in [9.17, 15) is 22.0 Å². The van der Waals surface area contributed by atoms with Crippen LogP contribution in [0.5, 0.6) is 0 Å². The topological polar surface area (TPSA) is 63.0 Å². The van der Waals surface area contributed by atoms with Crippen molar-refractivity contribution in [3.05, 3.63) is 36.3 Å². The Labute approximate surface area is 179 Å². The van der Waals surface area contributed by atoms with Crippen LogP contribution in [0.3, 0.4) is 0 Å². The minimum atomic E-state index is -4.40. The molecule has 0 aromatic carbocycles. The summed E-state index contributed by atoms with van der Waals surface area (Å²) in [5.74, 6) is 1.84. The molecule has 0 bridgehead atoms. The molecule has 2 aliphatic rings. The zero-order valence-corrected chi connectivity index (χ0v) is 16.9. The lowest BCUT2D eigenvalue weighted by atomic mass is 9.89. The molecule has 2 saturated heterocycles. The van der Waals surface area contributed by atoms with E-state index in [4.69, 9.17) is 0 Å². The predicted octanol–water partition coefficient (Wildman–Crippen LogP) is 3.47. The number of hydrogen-bond donors (Lipinski definition) is 0. The molecule has 0 radical (unpaired) electrons. The molecule has 2 atom stereocenters. The Kier molecular flexibility index (Phi) is 5.09. The Morgan fingerprint density at radius 1 is 0.938 bits per heavy atom. The van der Waals surface area contributed by atoms with Gasteiger partial charge in [-0.3, -0.25) is 0 Å². The first-order chi connectivity index (χ1) is 15.3. The van der Waals surface area contributed by atoms with Gasteiger partial charge in [-0.1, -0.05) is 0 Å². The predicted molar refractivity (Wildman–Crippen MR) is 107 cm³/mol. The second kappa shape index (κ2) is 7.82. The molecule has 32 heavy (non-hydrogen) atoms. The molecule has 0 N–H and O–H groups in total. The molecule has 12 heteroatoms. The van der Waals surface area contributed by atoms with Gasteiger partial charge in [-0.15, -0.1) is 0 Å². The quantitative estimate of drug-likeness (QED) is 0.564. The Bertz CT molecular complexity index is 1100. The maximum absolute atomic E-state index is 12.8. The number of halogens is 5. The van der Waals surface area contributed by atoms with Gasteiger partial charge in [0.25, 0.3) is 6.43 Å². The van der Waals surface area contributed by atoms with Gasteiger partial charge in [0.1, 0.15) is 23.7 Å². The molecule has 3 aromatic heterocycles. The number of aromatic nitrogens is 5. The van der Waals surface area contributed by atoms with Crippen LogP contribution in [0.1, 0.15) is 12.0 Å². The number of fused-ring (bicyclic) bond motifs is 2. The highest BCUT2D eigenvalue weighted by Gasteiger charge is 2.38. The molecule has 2 aliphatic heterocycles. The highest BCUT2D eigenvalue weighted by molar-refractivity contribution is 5.71. The van der Waals surface area contributed by atoms with Crippen LogP contribution in [0, 0.1) is 11.8 Å². The van der Waals surface area contributed by atoms with E-state index in [-0.39, 0.29) is 5.92 Å². The fourth-order valence-corrected chi connectivity index (χ4v) is 4.56. The molecule has 170 valence electrons. The van der Waals surface area contributed by atoms with E-state index in [1.807, 2.05) is 4.90 Å². The number of alkyl halides is 5. The molecule has 2 fully saturated rings. The first-order valence-electron chi connectivity index (χ1n) is 10.3. The minimum Gasteiger partial charge on any atom is -0.356 e. The Hall–Kier alpha value is -3.05. The molecule has 0 unspecified atom stereocenters. The molecule has 0 saturated carbocycles. The Balaban J connectivity index is 1.30. The molecule has 7 nitrogen and oxygen atoms in total. The van der Waals surface area contributed by atoms with Gasteiger partial charge in [-0.25, -0.2) is 28.4 Å². The zero-order chi connectivity index (χ0) is 22.5. The van der Waals surface area contributed by atoms with Crippen molar-refractivity contribution in [2.45, 2.75) is 25.6 Å². The molecule has 5 heterocycles. The van der Waals surface area contributed by atoms with Gasteiger partial charge in [0.2, 0.25) is 0 Å². The fourth-order valence-electron chi connectivity index (χ4n) is 4.56. The van der Waals surface area contributed by atoms with Crippen molar-refractivity contribution in [2.24, 2.45) is 11.8 Å². The summed E-state index contributed by atoms with van der Waals surface area (Å²) in [6.45, 7) is 2.31. The van der Waals surface area contributed by atoms with E-state index in [1.54, 1.807) is 6.20 Å². The van der Waals surface area contributed by atoms with Crippen molar-refractivity contribution in [3.8, 4) is 0 Å². The summed E-state index contributed by atoms with van der Waals surface area (Å²) < 4.78 is 65.1. The summed E-state index contributed by atoms with van der Waals surface area (Å²) in [6.07, 6.45) is -2.14. The van der Waals surface area contributed by atoms with Gasteiger partial charge < -0.3 is 9.80 Å². The fraction of sp³-hybridized carbons (Fsp3) is 0.500. The van der Waals surface area contributed by atoms with Crippen LogP contribution in [-0.2, 0) is 12.7 Å². The molecule has 0 spiro atoms. The van der Waals surface area contributed by atoms with E-state index in [1.165, 1.54) is 12.3 Å². The van der Waals surface area contributed by atoms with Crippen LogP contribution in [0.25, 0.3) is 11.2 Å². The van der Waals surface area contributed by atoms with Gasteiger partial charge in [0.15, 0.2) is 5.65 Å². The average Bonchev–Trinajstić information content (AvgIpc) is 3.36. The lowest BCUT2D eigenvalue weighted by Crippen LogP contribution is -2.40. The minimum absolute atomic E-state index is 0.288. The van der Waals surface area contributed by atoms with E-state index in [2.05, 4.69) is 25.0 Å². The van der Waals surface area contributed by atoms with Gasteiger partial charge in [-0.2, -0.15) is 18.3 Å². The summed E-state index contributed by atoms with van der Waals surface area (Å²) in [6, 6.07) is 2.48. The first-order valence-corrected chi connectivity index (χ1v) is 10.3. The van der Waals surface area contributed by atoms with Gasteiger partial charge in [0.05, 0.1) is 18.0 Å². The zero-order valence-electron chi connectivity index (χ0n) is 16.9. The van der Waals surface area contributed by atoms with Crippen molar-refractivity contribution >= 4 is 22.8 Å². The number of hydrogen-bond acceptors (Lipinski definition) is 6. The molecule has 3 aromatic rings. The van der Waals surface area contributed by atoms with Crippen LogP contribution in [0.15, 0.2) is 30.7 Å². The Morgan fingerprint density at radius 3 is 2.44 bits per heavy atom. The lowest BCUT2D eigenvalue weighted by molar-refractivity contribution is -0.137. The van der Waals surface area contributed by atoms with E-state index >= 15 is 0 Å². The summed E-state index contributed by atoms with van der Waals surface area (Å²) >= 11 is 0. The second-order valence-corrected chi connectivity index (χ2v) is 8.22. The SMILES string of the molecule is FC(F)Cn1ncc2ncc(N3CC[C@@H]4CN(c5ccc(C(F)(F)F)cn5)C[C@@H]4C3)nc21. The highest BCUT2D eigenvalue weighted by Crippen LogP contribution is 2.36. The maximum Gasteiger partial charge on any atom is 0.417 e. The van der Waals surface area contributed by atoms with Crippen molar-refractivity contribution in [1.29, 1.82) is 0 Å². The molecular weight excluding hydrogens is 433 g/mol. The van der Waals surface area contributed by atoms with Gasteiger partial charge >= 0.3 is 6.18 Å². The van der Waals surface area contributed by atoms with Crippen molar-refractivity contribution in [3.63, 3.8) is 0 Å². The number of rotatable bonds is 4. The molecule has 5 rings (SSSR count). The van der Waals surface area contributed by atoms with Crippen LogP contribution in [-0.4, -0.2) is 57.3 Å². The number of anilines is 2. The van der Waals surface area contributed by atoms with Crippen LogP contribution < -0.4 is 9.80 Å². The monoisotopic (exact) mass is 453 g/mol. The average molecular weight is 453 g/mol. The van der Waals surface area contributed by atoms with Crippen LogP contribution >= 0.6 is 0 Å². The normalized spacial score (nSPS) is 21.6. The second-order valence-electron chi connectivity index (χ2n) is 8.22. The summed E-state index contributed by atoms with van der Waals surface area (Å²) in [7, 11) is 0. The van der Waals surface area contributed by atoms with Crippen molar-refractivity contribution < 1.29 is 22.0 Å². The third-order valence-corrected chi connectivity index (χ3v) is 6.17. The highest BCUT2D eigenvalue weighted by atomic mass is 19.4. The summed E-state index contributed by atoms with van der Waals surface area (Å²) in [5, 5.41) is 3.95. The number of pyridine rings is 1. The molecular formula is C20H20F5N7. The van der Waals surface area contributed by atoms with E-state index in [0.29, 0.717) is 41.8 Å². The largest absolute Gasteiger partial charge is 0.417 e. The van der Waals surface area contributed by atoms with Gasteiger partial charge in [0, 0.05) is 32.4 Å². The summed E-state index contributed by atoms with van der Waals surface area (Å²) in [5.41, 5.74) is 0.0284. The van der Waals surface area contributed by atoms with Crippen molar-refractivity contribution in [2.75, 3.05) is 36.0 Å². The number of piperidine rings is 1. The standard InChI is InChI=1S/C20H20F5N7/c21-16(22)11-32-19-15(6-28-32)26-7-18(29-19)30-4-3-12-8-31(10-13(12)9-30)17-2-1-14(5-27-17)20(23,24)25/h1-2,5-7,12-13,16H,3-4,8-11H2/t12-,13+/m1/s1. The number of nitrogens with zero attached hydrogens (tertiary/aromatic N) is 7. The molecule has 0 amide bonds. The van der Waals surface area contributed by atoms with Crippen molar-refractivity contribution in [1.82, 2.24) is 24.7 Å².